The fourth-order valence-corrected chi connectivity index (χ4v) is 5.10. The van der Waals surface area contributed by atoms with Crippen molar-refractivity contribution in [3.63, 3.8) is 0 Å². The average Bonchev–Trinajstić information content (AvgIpc) is 3.65. The number of aromatic nitrogens is 4. The first-order chi connectivity index (χ1) is 16.9. The van der Waals surface area contributed by atoms with Crippen LogP contribution in [-0.2, 0) is 19.5 Å². The van der Waals surface area contributed by atoms with E-state index in [2.05, 4.69) is 41.8 Å². The maximum absolute atomic E-state index is 11.3. The molecule has 2 aliphatic rings. The van der Waals surface area contributed by atoms with Crippen LogP contribution in [0.2, 0.25) is 0 Å². The number of carbonyl (C=O) groups is 1. The third kappa shape index (κ3) is 4.54. The van der Waals surface area contributed by atoms with E-state index in [1.165, 1.54) is 0 Å². The van der Waals surface area contributed by atoms with Crippen LogP contribution >= 0.6 is 31.9 Å². The number of hydrogen-bond donors (Lipinski definition) is 3. The van der Waals surface area contributed by atoms with Crippen molar-refractivity contribution in [2.24, 2.45) is 0 Å². The number of aromatic carboxylic acids is 1. The second-order valence-electron chi connectivity index (χ2n) is 8.15. The van der Waals surface area contributed by atoms with E-state index < -0.39 is 5.97 Å². The Kier molecular flexibility index (Phi) is 6.64. The minimum Gasteiger partial charge on any atom is -0.478 e. The number of rotatable bonds is 2. The van der Waals surface area contributed by atoms with Crippen LogP contribution in [0.4, 0.5) is 0 Å². The third-order valence-electron chi connectivity index (χ3n) is 5.83. The zero-order valence-electron chi connectivity index (χ0n) is 18.7. The van der Waals surface area contributed by atoms with Crippen LogP contribution in [0.25, 0.3) is 57.5 Å². The largest absolute Gasteiger partial charge is 0.478 e. The van der Waals surface area contributed by atoms with Gasteiger partial charge in [0.05, 0.1) is 48.3 Å². The molecule has 2 aliphatic heterocycles. The Hall–Kier alpha value is -3.13. The fourth-order valence-electron chi connectivity index (χ4n) is 4.12. The quantitative estimate of drug-likeness (QED) is 0.168. The normalized spacial score (nSPS) is 11.9. The van der Waals surface area contributed by atoms with Crippen molar-refractivity contribution in [1.29, 1.82) is 0 Å². The summed E-state index contributed by atoms with van der Waals surface area (Å²) in [6, 6.07) is 16.9. The molecule has 1 aromatic carbocycles. The van der Waals surface area contributed by atoms with Gasteiger partial charge in [-0.15, -0.1) is 0 Å². The Morgan fingerprint density at radius 3 is 2.06 bits per heavy atom. The minimum atomic E-state index is -0.954. The molecule has 0 saturated carbocycles. The van der Waals surface area contributed by atoms with Crippen LogP contribution in [0.3, 0.4) is 0 Å². The Balaban J connectivity index is 0.00000267. The van der Waals surface area contributed by atoms with Gasteiger partial charge in [0.15, 0.2) is 0 Å². The van der Waals surface area contributed by atoms with Crippen LogP contribution < -0.4 is 0 Å². The van der Waals surface area contributed by atoms with E-state index in [1.807, 2.05) is 66.8 Å². The molecule has 0 saturated heterocycles. The Labute approximate surface area is 235 Å². The number of benzene rings is 1. The summed E-state index contributed by atoms with van der Waals surface area (Å²) < 4.78 is 1.68. The summed E-state index contributed by atoms with van der Waals surface area (Å²) in [5.74, 6) is -0.954. The molecule has 8 bridgehead atoms. The van der Waals surface area contributed by atoms with Crippen molar-refractivity contribution in [1.82, 2.24) is 19.9 Å². The first-order valence-corrected chi connectivity index (χ1v) is 12.3. The van der Waals surface area contributed by atoms with Gasteiger partial charge in [-0.05, 0) is 104 Å². The topological polar surface area (TPSA) is 94.7 Å². The molecule has 5 heterocycles. The molecular weight excluding hydrogens is 638 g/mol. The molecule has 6 nitrogen and oxygen atoms in total. The van der Waals surface area contributed by atoms with Gasteiger partial charge >= 0.3 is 5.97 Å². The average molecular weight is 654 g/mol. The molecule has 6 rings (SSSR count). The number of hydrogen-bond acceptors (Lipinski definition) is 3. The van der Waals surface area contributed by atoms with E-state index in [0.717, 1.165) is 64.9 Å². The van der Waals surface area contributed by atoms with Crippen molar-refractivity contribution in [2.45, 2.75) is 0 Å². The molecule has 36 heavy (non-hydrogen) atoms. The number of halogens is 2. The van der Waals surface area contributed by atoms with E-state index in [1.54, 1.807) is 12.1 Å². The third-order valence-corrected chi connectivity index (χ3v) is 7.46. The molecule has 4 aromatic rings. The van der Waals surface area contributed by atoms with Crippen molar-refractivity contribution in [3.8, 4) is 11.1 Å². The summed E-state index contributed by atoms with van der Waals surface area (Å²) in [6.45, 7) is 0. The number of carboxylic acid groups (broad SMARTS) is 1. The van der Waals surface area contributed by atoms with E-state index in [4.69, 9.17) is 9.97 Å². The summed E-state index contributed by atoms with van der Waals surface area (Å²) >= 11 is 7.44. The second kappa shape index (κ2) is 9.73. The van der Waals surface area contributed by atoms with Crippen molar-refractivity contribution in [3.05, 3.63) is 91.9 Å². The summed E-state index contributed by atoms with van der Waals surface area (Å²) in [6.07, 6.45) is 7.87. The molecule has 0 amide bonds. The summed E-state index contributed by atoms with van der Waals surface area (Å²) in [4.78, 5) is 27.8. The molecular formula is C27H16Br2N4O2Zn. The molecule has 0 atom stereocenters. The maximum atomic E-state index is 11.3. The zero-order valence-corrected chi connectivity index (χ0v) is 24.9. The van der Waals surface area contributed by atoms with Gasteiger partial charge in [-0.1, -0.05) is 12.1 Å². The van der Waals surface area contributed by atoms with Gasteiger partial charge in [-0.3, -0.25) is 0 Å². The van der Waals surface area contributed by atoms with Crippen molar-refractivity contribution in [2.75, 3.05) is 0 Å². The van der Waals surface area contributed by atoms with Gasteiger partial charge in [0, 0.05) is 36.1 Å². The zero-order chi connectivity index (χ0) is 24.1. The molecule has 0 unspecified atom stereocenters. The van der Waals surface area contributed by atoms with Crippen LogP contribution in [0.1, 0.15) is 33.1 Å². The molecule has 0 radical (unpaired) electrons. The number of aromatic amines is 2. The van der Waals surface area contributed by atoms with E-state index in [-0.39, 0.29) is 25.0 Å². The number of carboxylic acids is 1. The maximum Gasteiger partial charge on any atom is 0.335 e. The van der Waals surface area contributed by atoms with Gasteiger partial charge in [0.2, 0.25) is 0 Å². The minimum absolute atomic E-state index is 0. The first kappa shape index (κ1) is 24.6. The van der Waals surface area contributed by atoms with Gasteiger partial charge in [0.25, 0.3) is 0 Å². The van der Waals surface area contributed by atoms with Crippen LogP contribution in [0, 0.1) is 0 Å². The number of nitrogens with zero attached hydrogens (tertiary/aromatic N) is 2. The Morgan fingerprint density at radius 2 is 1.39 bits per heavy atom. The monoisotopic (exact) mass is 650 g/mol. The van der Waals surface area contributed by atoms with Crippen molar-refractivity contribution >= 4 is 84.2 Å². The smallest absolute Gasteiger partial charge is 0.335 e. The first-order valence-electron chi connectivity index (χ1n) is 10.7. The summed E-state index contributed by atoms with van der Waals surface area (Å²) in [5.41, 5.74) is 8.88. The predicted octanol–water partition coefficient (Wildman–Crippen LogP) is 7.54. The molecule has 0 aliphatic carbocycles. The van der Waals surface area contributed by atoms with Crippen LogP contribution in [-0.4, -0.2) is 31.0 Å². The van der Waals surface area contributed by atoms with Crippen LogP contribution in [0.15, 0.2) is 63.5 Å². The van der Waals surface area contributed by atoms with Gasteiger partial charge < -0.3 is 15.1 Å². The summed E-state index contributed by atoms with van der Waals surface area (Å²) in [7, 11) is 0. The fraction of sp³-hybridized carbons (Fsp3) is 0. The van der Waals surface area contributed by atoms with Gasteiger partial charge in [-0.2, -0.15) is 0 Å². The Bertz CT molecular complexity index is 1750. The number of nitrogens with one attached hydrogen (secondary N) is 2. The van der Waals surface area contributed by atoms with Gasteiger partial charge in [-0.25, -0.2) is 14.8 Å². The van der Waals surface area contributed by atoms with E-state index in [0.29, 0.717) is 0 Å². The molecule has 3 N–H and O–H groups in total. The number of H-pyrrole nitrogens is 2. The second-order valence-corrected chi connectivity index (χ2v) is 9.74. The number of fused-ring (bicyclic) bond motifs is 8. The van der Waals surface area contributed by atoms with Crippen molar-refractivity contribution < 1.29 is 29.4 Å². The van der Waals surface area contributed by atoms with E-state index >= 15 is 0 Å². The predicted molar refractivity (Wildman–Crippen MR) is 147 cm³/mol. The van der Waals surface area contributed by atoms with Crippen LogP contribution in [0.5, 0.6) is 0 Å². The molecule has 172 valence electrons. The molecule has 9 heteroatoms. The summed E-state index contributed by atoms with van der Waals surface area (Å²) in [5, 5.41) is 9.28. The van der Waals surface area contributed by atoms with E-state index in [9.17, 15) is 9.90 Å². The molecule has 3 aromatic heterocycles. The molecule has 0 spiro atoms. The standard InChI is InChI=1S/C27H16Br2N4O2.Zn/c28-24-21-8-5-16(30-21)11-17-7-10-23(32-17)25(29)26-20(14-1-3-15(4-2-14)27(34)35)13-19(33-26)12-18-6-9-22(24)31-18;/h1-13,30,33H,(H,34,35);. The SMILES string of the molecule is O=C(O)c1ccc(-c2cc3cc4nc(c(Br)c5ccc(cc6nc(c(Br)c2[nH]3)C=C6)[nH]5)C=C4)cc1.[Zn]. The van der Waals surface area contributed by atoms with Gasteiger partial charge in [0.1, 0.15) is 0 Å². The molecule has 0 fully saturated rings. The Morgan fingerprint density at radius 1 is 0.750 bits per heavy atom.